The molecule has 136 valence electrons. The monoisotopic (exact) mass is 420 g/mol. The molecule has 5 nitrogen and oxygen atoms in total. The topological polar surface area (TPSA) is 50.8 Å². The first-order valence-corrected chi connectivity index (χ1v) is 8.91. The van der Waals surface area contributed by atoms with Crippen LogP contribution < -0.4 is 5.32 Å². The summed E-state index contributed by atoms with van der Waals surface area (Å²) in [7, 11) is 3.25. The molecule has 1 N–H and O–H groups in total. The van der Waals surface area contributed by atoms with Crippen LogP contribution in [0.25, 0.3) is 0 Å². The van der Waals surface area contributed by atoms with E-state index in [1.54, 1.807) is 19.1 Å². The second-order valence-electron chi connectivity index (χ2n) is 6.54. The molecule has 0 radical (unpaired) electrons. The molecule has 0 saturated carbocycles. The lowest BCUT2D eigenvalue weighted by Gasteiger charge is -2.35. The van der Waals surface area contributed by atoms with Gasteiger partial charge in [0.05, 0.1) is 6.04 Å². The van der Waals surface area contributed by atoms with Gasteiger partial charge in [0.1, 0.15) is 5.60 Å². The first kappa shape index (κ1) is 21.2. The molecule has 1 heterocycles. The predicted molar refractivity (Wildman–Crippen MR) is 101 cm³/mol. The lowest BCUT2D eigenvalue weighted by molar-refractivity contribution is 0.0195. The van der Waals surface area contributed by atoms with Crippen molar-refractivity contribution in [3.63, 3.8) is 0 Å². The number of nitrogens with zero attached hydrogens (tertiary/aromatic N) is 1. The minimum absolute atomic E-state index is 0.0567. The van der Waals surface area contributed by atoms with Gasteiger partial charge in [0.2, 0.25) is 0 Å². The van der Waals surface area contributed by atoms with E-state index in [1.165, 1.54) is 0 Å². The molecule has 1 amide bonds. The molecule has 1 aliphatic rings. The Morgan fingerprint density at radius 2 is 1.96 bits per heavy atom. The Bertz CT molecular complexity index is 529. The Morgan fingerprint density at radius 1 is 1.33 bits per heavy atom. The number of amides is 1. The summed E-state index contributed by atoms with van der Waals surface area (Å²) in [5.41, 5.74) is 0.582. The predicted octanol–water partition coefficient (Wildman–Crippen LogP) is 4.25. The van der Waals surface area contributed by atoms with Crippen molar-refractivity contribution in [2.24, 2.45) is 0 Å². The average Bonchev–Trinajstić information content (AvgIpc) is 2.45. The minimum atomic E-state index is -0.476. The molecule has 0 spiro atoms. The van der Waals surface area contributed by atoms with Crippen molar-refractivity contribution < 1.29 is 14.3 Å². The number of methoxy groups -OCH3 is 1. The van der Waals surface area contributed by atoms with E-state index >= 15 is 0 Å². The highest BCUT2D eigenvalue weighted by atomic mass is 79.9. The highest BCUT2D eigenvalue weighted by Crippen LogP contribution is 2.26. The van der Waals surface area contributed by atoms with Gasteiger partial charge in [-0.05, 0) is 44.5 Å². The van der Waals surface area contributed by atoms with Crippen LogP contribution in [0.3, 0.4) is 0 Å². The molecule has 0 aromatic heterocycles. The number of piperazine rings is 1. The molecule has 7 heteroatoms. The van der Waals surface area contributed by atoms with E-state index in [2.05, 4.69) is 26.0 Å². The van der Waals surface area contributed by atoms with Crippen LogP contribution >= 0.6 is 27.5 Å². The van der Waals surface area contributed by atoms with Crippen LogP contribution in [0.15, 0.2) is 22.7 Å². The summed E-state index contributed by atoms with van der Waals surface area (Å²) in [4.78, 5) is 13.9. The molecule has 1 atom stereocenters. The molecular weight excluding hydrogens is 396 g/mol. The number of nitrogens with one attached hydrogen (secondary N) is 1. The quantitative estimate of drug-likeness (QED) is 0.736. The van der Waals surface area contributed by atoms with E-state index in [-0.39, 0.29) is 12.1 Å². The summed E-state index contributed by atoms with van der Waals surface area (Å²) >= 11 is 9.54. The lowest BCUT2D eigenvalue weighted by atomic mass is 10.0. The van der Waals surface area contributed by atoms with Crippen molar-refractivity contribution in [2.75, 3.05) is 33.9 Å². The summed E-state index contributed by atoms with van der Waals surface area (Å²) in [5, 5.41) is 4.09. The number of rotatable bonds is 1. The molecule has 1 aromatic rings. The maximum absolute atomic E-state index is 12.2. The molecule has 24 heavy (non-hydrogen) atoms. The van der Waals surface area contributed by atoms with Crippen molar-refractivity contribution in [3.05, 3.63) is 33.3 Å². The Hall–Kier alpha value is -0.820. The average molecular weight is 422 g/mol. The first-order chi connectivity index (χ1) is 11.2. The Kier molecular flexibility index (Phi) is 8.50. The second-order valence-corrected chi connectivity index (χ2v) is 7.90. The summed E-state index contributed by atoms with van der Waals surface area (Å²) < 4.78 is 10.6. The highest BCUT2D eigenvalue weighted by molar-refractivity contribution is 9.10. The van der Waals surface area contributed by atoms with Gasteiger partial charge in [-0.2, -0.15) is 0 Å². The maximum Gasteiger partial charge on any atom is 0.410 e. The SMILES string of the molecule is CC(C)(C)OC(=O)N1CCNC(c2cc(Cl)cc(Br)c2)C1.COC. The number of ether oxygens (including phenoxy) is 2. The van der Waals surface area contributed by atoms with Crippen molar-refractivity contribution in [2.45, 2.75) is 32.4 Å². The molecule has 0 aliphatic carbocycles. The van der Waals surface area contributed by atoms with E-state index in [4.69, 9.17) is 16.3 Å². The van der Waals surface area contributed by atoms with Crippen molar-refractivity contribution in [1.82, 2.24) is 10.2 Å². The molecule has 0 bridgehead atoms. The van der Waals surface area contributed by atoms with Gasteiger partial charge in [-0.3, -0.25) is 0 Å². The zero-order chi connectivity index (χ0) is 18.3. The van der Waals surface area contributed by atoms with E-state index in [0.29, 0.717) is 18.1 Å². The zero-order valence-corrected chi connectivity index (χ0v) is 17.2. The van der Waals surface area contributed by atoms with Gasteiger partial charge in [0, 0.05) is 43.3 Å². The molecule has 1 aliphatic heterocycles. The summed E-state index contributed by atoms with van der Waals surface area (Å²) in [6.07, 6.45) is -0.268. The van der Waals surface area contributed by atoms with Gasteiger partial charge >= 0.3 is 6.09 Å². The molecule has 1 saturated heterocycles. The van der Waals surface area contributed by atoms with Crippen LogP contribution in [0.4, 0.5) is 4.79 Å². The number of benzene rings is 1. The fourth-order valence-electron chi connectivity index (χ4n) is 2.24. The van der Waals surface area contributed by atoms with Crippen LogP contribution in [0.2, 0.25) is 5.02 Å². The number of hydrogen-bond donors (Lipinski definition) is 1. The maximum atomic E-state index is 12.2. The van der Waals surface area contributed by atoms with Gasteiger partial charge in [0.25, 0.3) is 0 Å². The van der Waals surface area contributed by atoms with Crippen LogP contribution in [-0.4, -0.2) is 50.4 Å². The van der Waals surface area contributed by atoms with Crippen LogP contribution in [-0.2, 0) is 9.47 Å². The van der Waals surface area contributed by atoms with E-state index in [1.807, 2.05) is 39.0 Å². The van der Waals surface area contributed by atoms with Gasteiger partial charge in [-0.15, -0.1) is 0 Å². The third-order valence-electron chi connectivity index (χ3n) is 3.11. The fraction of sp³-hybridized carbons (Fsp3) is 0.588. The molecular formula is C17H26BrClN2O3. The summed E-state index contributed by atoms with van der Waals surface area (Å²) in [5.74, 6) is 0. The first-order valence-electron chi connectivity index (χ1n) is 7.73. The molecule has 1 aromatic carbocycles. The van der Waals surface area contributed by atoms with Crippen molar-refractivity contribution in [1.29, 1.82) is 0 Å². The number of halogens is 2. The lowest BCUT2D eigenvalue weighted by Crippen LogP contribution is -2.49. The minimum Gasteiger partial charge on any atom is -0.444 e. The largest absolute Gasteiger partial charge is 0.444 e. The smallest absolute Gasteiger partial charge is 0.410 e. The van der Waals surface area contributed by atoms with E-state index < -0.39 is 5.60 Å². The third kappa shape index (κ3) is 7.38. The molecule has 1 fully saturated rings. The summed E-state index contributed by atoms with van der Waals surface area (Å²) in [6.45, 7) is 7.57. The summed E-state index contributed by atoms with van der Waals surface area (Å²) in [6, 6.07) is 5.84. The van der Waals surface area contributed by atoms with Crippen LogP contribution in [0.1, 0.15) is 32.4 Å². The van der Waals surface area contributed by atoms with Crippen molar-refractivity contribution in [3.8, 4) is 0 Å². The number of carbonyl (C=O) groups is 1. The highest BCUT2D eigenvalue weighted by Gasteiger charge is 2.28. The standard InChI is InChI=1S/C15H20BrClN2O2.C2H6O/c1-15(2,3)21-14(20)19-5-4-18-13(9-19)10-6-11(16)8-12(17)7-10;1-3-2/h6-8,13,18H,4-5,9H2,1-3H3;1-2H3. The Balaban J connectivity index is 0.000000891. The van der Waals surface area contributed by atoms with E-state index in [0.717, 1.165) is 16.6 Å². The normalized spacial score (nSPS) is 17.8. The zero-order valence-electron chi connectivity index (χ0n) is 14.9. The second kappa shape index (κ2) is 9.61. The van der Waals surface area contributed by atoms with Gasteiger partial charge in [0.15, 0.2) is 0 Å². The fourth-order valence-corrected chi connectivity index (χ4v) is 3.13. The number of hydrogen-bond acceptors (Lipinski definition) is 4. The van der Waals surface area contributed by atoms with Gasteiger partial charge in [-0.1, -0.05) is 27.5 Å². The number of carbonyl (C=O) groups excluding carboxylic acids is 1. The van der Waals surface area contributed by atoms with Gasteiger partial charge in [-0.25, -0.2) is 4.79 Å². The third-order valence-corrected chi connectivity index (χ3v) is 3.79. The Labute approximate surface area is 157 Å². The van der Waals surface area contributed by atoms with E-state index in [9.17, 15) is 4.79 Å². The molecule has 2 rings (SSSR count). The Morgan fingerprint density at radius 3 is 2.50 bits per heavy atom. The molecule has 1 unspecified atom stereocenters. The van der Waals surface area contributed by atoms with Crippen LogP contribution in [0.5, 0.6) is 0 Å². The van der Waals surface area contributed by atoms with Crippen LogP contribution in [0, 0.1) is 0 Å². The van der Waals surface area contributed by atoms with Gasteiger partial charge < -0.3 is 19.7 Å². The van der Waals surface area contributed by atoms with Crippen molar-refractivity contribution >= 4 is 33.6 Å².